The average molecular weight is 289 g/mol. The number of aliphatic carboxylic acids is 2. The van der Waals surface area contributed by atoms with Gasteiger partial charge < -0.3 is 19.8 Å². The van der Waals surface area contributed by atoms with Gasteiger partial charge >= 0.3 is 59.1 Å². The van der Waals surface area contributed by atoms with E-state index in [1.54, 1.807) is 6.92 Å². The van der Waals surface area contributed by atoms with Gasteiger partial charge in [-0.2, -0.15) is 0 Å². The quantitative estimate of drug-likeness (QED) is 0.378. The second-order valence-corrected chi connectivity index (χ2v) is 3.94. The van der Waals surface area contributed by atoms with Crippen molar-refractivity contribution in [2.45, 2.75) is 39.2 Å². The molecule has 1 aliphatic rings. The molecule has 0 aromatic carbocycles. The summed E-state index contributed by atoms with van der Waals surface area (Å²) >= 11 is 0. The van der Waals surface area contributed by atoms with Gasteiger partial charge in [0.25, 0.3) is 0 Å². The Balaban J connectivity index is -0.000000282. The molecule has 0 N–H and O–H groups in total. The molecule has 1 saturated heterocycles. The summed E-state index contributed by atoms with van der Waals surface area (Å²) in [6, 6.07) is -0.407. The van der Waals surface area contributed by atoms with Crippen LogP contribution in [-0.4, -0.2) is 41.8 Å². The SMILES string of the molecule is CC(=O)C(=O)[O-].CC(C(=O)[O-])N1CCCCC1.[Na+].[Na+]. The van der Waals surface area contributed by atoms with Crippen LogP contribution in [0.1, 0.15) is 33.1 Å². The third-order valence-corrected chi connectivity index (χ3v) is 2.57. The van der Waals surface area contributed by atoms with Crippen LogP contribution in [-0.2, 0) is 14.4 Å². The first-order valence-corrected chi connectivity index (χ1v) is 5.53. The molecule has 1 fully saturated rings. The van der Waals surface area contributed by atoms with Crippen molar-refractivity contribution in [2.75, 3.05) is 13.1 Å². The van der Waals surface area contributed by atoms with Crippen molar-refractivity contribution in [2.24, 2.45) is 0 Å². The molecular formula is C11H17NNa2O5. The zero-order valence-corrected chi connectivity index (χ0v) is 16.1. The molecular weight excluding hydrogens is 272 g/mol. The molecule has 0 aromatic rings. The zero-order valence-electron chi connectivity index (χ0n) is 12.1. The van der Waals surface area contributed by atoms with Crippen molar-refractivity contribution in [1.82, 2.24) is 4.90 Å². The van der Waals surface area contributed by atoms with E-state index < -0.39 is 23.8 Å². The van der Waals surface area contributed by atoms with E-state index in [0.29, 0.717) is 0 Å². The van der Waals surface area contributed by atoms with Crippen molar-refractivity contribution in [3.8, 4) is 0 Å². The number of carboxylic acid groups (broad SMARTS) is 2. The monoisotopic (exact) mass is 289 g/mol. The second-order valence-electron chi connectivity index (χ2n) is 3.94. The first-order valence-electron chi connectivity index (χ1n) is 5.53. The van der Waals surface area contributed by atoms with Gasteiger partial charge in [0.05, 0.1) is 5.97 Å². The third kappa shape index (κ3) is 12.1. The Morgan fingerprint density at radius 3 is 1.63 bits per heavy atom. The van der Waals surface area contributed by atoms with Crippen molar-refractivity contribution >= 4 is 17.7 Å². The fourth-order valence-electron chi connectivity index (χ4n) is 1.45. The van der Waals surface area contributed by atoms with Gasteiger partial charge in [-0.3, -0.25) is 9.69 Å². The summed E-state index contributed by atoms with van der Waals surface area (Å²) in [6.45, 7) is 4.46. The van der Waals surface area contributed by atoms with E-state index in [-0.39, 0.29) is 59.1 Å². The van der Waals surface area contributed by atoms with Crippen LogP contribution in [0.4, 0.5) is 0 Å². The Morgan fingerprint density at radius 1 is 1.00 bits per heavy atom. The molecule has 0 saturated carbocycles. The molecule has 0 amide bonds. The van der Waals surface area contributed by atoms with E-state index in [4.69, 9.17) is 0 Å². The Hall–Kier alpha value is 0.570. The Bertz CT molecular complexity index is 281. The van der Waals surface area contributed by atoms with Crippen LogP contribution in [0, 0.1) is 0 Å². The minimum atomic E-state index is -1.63. The van der Waals surface area contributed by atoms with E-state index in [1.165, 1.54) is 6.42 Å². The van der Waals surface area contributed by atoms with Gasteiger partial charge in [-0.05, 0) is 32.9 Å². The standard InChI is InChI=1S/C8H15NO2.C3H4O3.2Na/c1-7(8(10)11)9-5-3-2-4-6-9;1-2(4)3(5)6;;/h7H,2-6H2,1H3,(H,10,11);1H3,(H,5,6);;/q;;2*+1/p-2. The van der Waals surface area contributed by atoms with E-state index in [2.05, 4.69) is 0 Å². The number of carbonyl (C=O) groups is 3. The van der Waals surface area contributed by atoms with E-state index in [9.17, 15) is 24.6 Å². The maximum absolute atomic E-state index is 10.4. The number of hydrogen-bond donors (Lipinski definition) is 0. The number of ketones is 1. The van der Waals surface area contributed by atoms with Gasteiger partial charge in [0, 0.05) is 13.0 Å². The van der Waals surface area contributed by atoms with Crippen LogP contribution in [0.25, 0.3) is 0 Å². The molecule has 1 atom stereocenters. The molecule has 98 valence electrons. The summed E-state index contributed by atoms with van der Waals surface area (Å²) < 4.78 is 0. The molecule has 1 aliphatic heterocycles. The Morgan fingerprint density at radius 2 is 1.37 bits per heavy atom. The number of nitrogens with zero attached hydrogens (tertiary/aromatic N) is 1. The van der Waals surface area contributed by atoms with Crippen LogP contribution in [0.3, 0.4) is 0 Å². The zero-order chi connectivity index (χ0) is 13.4. The van der Waals surface area contributed by atoms with Gasteiger partial charge in [-0.15, -0.1) is 0 Å². The number of piperidine rings is 1. The normalized spacial score (nSPS) is 15.7. The maximum Gasteiger partial charge on any atom is 1.00 e. The number of rotatable bonds is 3. The first-order chi connectivity index (χ1) is 7.86. The topological polar surface area (TPSA) is 101 Å². The molecule has 1 rings (SSSR count). The van der Waals surface area contributed by atoms with Gasteiger partial charge in [0.1, 0.15) is 5.97 Å². The number of likely N-dealkylation sites (tertiary alicyclic amines) is 1. The third-order valence-electron chi connectivity index (χ3n) is 2.57. The summed E-state index contributed by atoms with van der Waals surface area (Å²) in [5.74, 6) is -3.52. The van der Waals surface area contributed by atoms with Crippen molar-refractivity contribution < 1.29 is 83.7 Å². The van der Waals surface area contributed by atoms with E-state index in [1.807, 2.05) is 4.90 Å². The Labute approximate surface area is 157 Å². The smallest absolute Gasteiger partial charge is 0.548 e. The fraction of sp³-hybridized carbons (Fsp3) is 0.727. The first kappa shape index (κ1) is 24.6. The van der Waals surface area contributed by atoms with Crippen LogP contribution in [0.15, 0.2) is 0 Å². The molecule has 1 heterocycles. The maximum atomic E-state index is 10.4. The average Bonchev–Trinajstić information content (AvgIpc) is 2.29. The van der Waals surface area contributed by atoms with Crippen molar-refractivity contribution in [3.05, 3.63) is 0 Å². The molecule has 0 aromatic heterocycles. The Kier molecular flexibility index (Phi) is 17.5. The second kappa shape index (κ2) is 13.5. The summed E-state index contributed by atoms with van der Waals surface area (Å²) in [6.07, 6.45) is 3.48. The van der Waals surface area contributed by atoms with Gasteiger partial charge in [-0.1, -0.05) is 6.42 Å². The summed E-state index contributed by atoms with van der Waals surface area (Å²) in [5.41, 5.74) is 0. The van der Waals surface area contributed by atoms with E-state index in [0.717, 1.165) is 32.9 Å². The molecule has 6 nitrogen and oxygen atoms in total. The molecule has 1 unspecified atom stereocenters. The van der Waals surface area contributed by atoms with Crippen molar-refractivity contribution in [1.29, 1.82) is 0 Å². The molecule has 8 heteroatoms. The number of carbonyl (C=O) groups excluding carboxylic acids is 3. The summed E-state index contributed by atoms with van der Waals surface area (Å²) in [5, 5.41) is 19.7. The number of Topliss-reactive ketones (excluding diaryl/α,β-unsaturated/α-hetero) is 1. The van der Waals surface area contributed by atoms with Crippen LogP contribution < -0.4 is 69.3 Å². The summed E-state index contributed by atoms with van der Waals surface area (Å²) in [4.78, 5) is 31.1. The molecule has 0 aliphatic carbocycles. The van der Waals surface area contributed by atoms with Crippen LogP contribution in [0.2, 0.25) is 0 Å². The van der Waals surface area contributed by atoms with Crippen LogP contribution >= 0.6 is 0 Å². The number of hydrogen-bond acceptors (Lipinski definition) is 6. The largest absolute Gasteiger partial charge is 1.00 e. The minimum Gasteiger partial charge on any atom is -0.548 e. The number of carboxylic acids is 2. The van der Waals surface area contributed by atoms with Gasteiger partial charge in [0.15, 0.2) is 5.78 Å². The van der Waals surface area contributed by atoms with Gasteiger partial charge in [0.2, 0.25) is 0 Å². The molecule has 19 heavy (non-hydrogen) atoms. The predicted octanol–water partition coefficient (Wildman–Crippen LogP) is -8.06. The molecule has 0 radical (unpaired) electrons. The van der Waals surface area contributed by atoms with E-state index >= 15 is 0 Å². The molecule has 0 spiro atoms. The fourth-order valence-corrected chi connectivity index (χ4v) is 1.45. The van der Waals surface area contributed by atoms with Gasteiger partial charge in [-0.25, -0.2) is 0 Å². The van der Waals surface area contributed by atoms with Crippen molar-refractivity contribution in [3.63, 3.8) is 0 Å². The van der Waals surface area contributed by atoms with Crippen LogP contribution in [0.5, 0.6) is 0 Å². The summed E-state index contributed by atoms with van der Waals surface area (Å²) in [7, 11) is 0. The minimum absolute atomic E-state index is 0. The predicted molar refractivity (Wildman–Crippen MR) is 55.6 cm³/mol. The molecule has 0 bridgehead atoms.